The molecule has 3 nitrogen and oxygen atoms in total. The fraction of sp³-hybridized carbons (Fsp3) is 0.296. The minimum Gasteiger partial charge on any atom is -0.493 e. The summed E-state index contributed by atoms with van der Waals surface area (Å²) < 4.78 is 5.80. The van der Waals surface area contributed by atoms with Crippen LogP contribution in [0.3, 0.4) is 0 Å². The molecule has 31 heavy (non-hydrogen) atoms. The summed E-state index contributed by atoms with van der Waals surface area (Å²) in [4.78, 5) is 13.9. The highest BCUT2D eigenvalue weighted by Crippen LogP contribution is 2.24. The van der Waals surface area contributed by atoms with Gasteiger partial charge in [0.05, 0.1) is 12.6 Å². The van der Waals surface area contributed by atoms with Gasteiger partial charge in [-0.05, 0) is 59.9 Å². The monoisotopic (exact) mass is 433 g/mol. The van der Waals surface area contributed by atoms with Crippen LogP contribution < -0.4 is 10.1 Å². The van der Waals surface area contributed by atoms with Crippen molar-refractivity contribution >= 4 is 17.7 Å². The second-order valence-electron chi connectivity index (χ2n) is 8.60. The number of nitrogens with one attached hydrogen (secondary N) is 1. The first-order chi connectivity index (χ1) is 14.8. The molecule has 0 aliphatic carbocycles. The Labute approximate surface area is 190 Å². The first-order valence-corrected chi connectivity index (χ1v) is 11.6. The van der Waals surface area contributed by atoms with Gasteiger partial charge in [-0.15, -0.1) is 11.8 Å². The van der Waals surface area contributed by atoms with E-state index in [1.807, 2.05) is 49.4 Å². The Balaban J connectivity index is 1.48. The summed E-state index contributed by atoms with van der Waals surface area (Å²) in [5.74, 6) is 1.56. The molecule has 0 aliphatic heterocycles. The van der Waals surface area contributed by atoms with Gasteiger partial charge >= 0.3 is 0 Å². The second kappa shape index (κ2) is 10.5. The lowest BCUT2D eigenvalue weighted by atomic mass is 9.86. The number of carbonyl (C=O) groups excluding carboxylic acids is 1. The summed E-state index contributed by atoms with van der Waals surface area (Å²) in [5, 5.41) is 3.08. The molecule has 0 saturated heterocycles. The number of rotatable bonds is 8. The van der Waals surface area contributed by atoms with Crippen molar-refractivity contribution in [3.05, 3.63) is 95.6 Å². The van der Waals surface area contributed by atoms with Crippen LogP contribution in [0.15, 0.2) is 83.8 Å². The minimum atomic E-state index is -0.0846. The van der Waals surface area contributed by atoms with E-state index >= 15 is 0 Å². The summed E-state index contributed by atoms with van der Waals surface area (Å²) in [6.07, 6.45) is 0. The fourth-order valence-corrected chi connectivity index (χ4v) is 3.93. The summed E-state index contributed by atoms with van der Waals surface area (Å²) in [5.41, 5.74) is 3.13. The Bertz CT molecular complexity index is 961. The molecule has 3 rings (SSSR count). The maximum atomic E-state index is 12.6. The third-order valence-corrected chi connectivity index (χ3v) is 6.08. The van der Waals surface area contributed by atoms with Crippen LogP contribution in [0.1, 0.15) is 55.2 Å². The van der Waals surface area contributed by atoms with Crippen LogP contribution in [0.4, 0.5) is 0 Å². The van der Waals surface area contributed by atoms with Crippen molar-refractivity contribution in [3.8, 4) is 5.75 Å². The predicted octanol–water partition coefficient (Wildman–Crippen LogP) is 6.65. The van der Waals surface area contributed by atoms with Crippen LogP contribution in [-0.2, 0) is 5.41 Å². The largest absolute Gasteiger partial charge is 0.493 e. The smallest absolute Gasteiger partial charge is 0.251 e. The zero-order valence-electron chi connectivity index (χ0n) is 18.7. The summed E-state index contributed by atoms with van der Waals surface area (Å²) in [6, 6.07) is 26.0. The van der Waals surface area contributed by atoms with Gasteiger partial charge in [0, 0.05) is 16.2 Å². The Hall–Kier alpha value is -2.72. The molecule has 1 atom stereocenters. The van der Waals surface area contributed by atoms with Gasteiger partial charge in [0.1, 0.15) is 5.75 Å². The molecule has 1 N–H and O–H groups in total. The highest BCUT2D eigenvalue weighted by Gasteiger charge is 2.15. The third-order valence-electron chi connectivity index (χ3n) is 5.10. The van der Waals surface area contributed by atoms with E-state index in [4.69, 9.17) is 4.74 Å². The lowest BCUT2D eigenvalue weighted by Crippen LogP contribution is -2.26. The average molecular weight is 434 g/mol. The first-order valence-electron chi connectivity index (χ1n) is 10.6. The van der Waals surface area contributed by atoms with E-state index in [0.717, 1.165) is 17.1 Å². The van der Waals surface area contributed by atoms with E-state index in [0.29, 0.717) is 12.2 Å². The van der Waals surface area contributed by atoms with E-state index in [9.17, 15) is 4.79 Å². The van der Waals surface area contributed by atoms with Crippen LogP contribution in [0.5, 0.6) is 5.75 Å². The standard InChI is InChI=1S/C27H31NO2S/c1-20(21-10-14-23(15-11-21)27(2,3)4)28-26(29)22-12-16-24(17-13-22)30-18-19-31-25-8-6-5-7-9-25/h5-17,20H,18-19H2,1-4H3,(H,28,29)/t20-/m0/s1. The summed E-state index contributed by atoms with van der Waals surface area (Å²) in [6.45, 7) is 9.22. The zero-order valence-corrected chi connectivity index (χ0v) is 19.5. The fourth-order valence-electron chi connectivity index (χ4n) is 3.17. The van der Waals surface area contributed by atoms with E-state index in [-0.39, 0.29) is 17.4 Å². The molecule has 0 unspecified atom stereocenters. The summed E-state index contributed by atoms with van der Waals surface area (Å²) >= 11 is 1.77. The van der Waals surface area contributed by atoms with E-state index < -0.39 is 0 Å². The Morgan fingerprint density at radius 3 is 2.19 bits per heavy atom. The van der Waals surface area contributed by atoms with Crippen molar-refractivity contribution in [2.75, 3.05) is 12.4 Å². The van der Waals surface area contributed by atoms with Crippen LogP contribution in [0, 0.1) is 0 Å². The molecule has 3 aromatic rings. The molecule has 0 radical (unpaired) electrons. The Morgan fingerprint density at radius 2 is 1.58 bits per heavy atom. The molecule has 4 heteroatoms. The highest BCUT2D eigenvalue weighted by molar-refractivity contribution is 7.99. The van der Waals surface area contributed by atoms with E-state index in [1.54, 1.807) is 11.8 Å². The van der Waals surface area contributed by atoms with E-state index in [1.165, 1.54) is 10.5 Å². The van der Waals surface area contributed by atoms with Gasteiger partial charge in [-0.1, -0.05) is 63.2 Å². The van der Waals surface area contributed by atoms with Crippen LogP contribution in [0.25, 0.3) is 0 Å². The van der Waals surface area contributed by atoms with Crippen molar-refractivity contribution in [1.29, 1.82) is 0 Å². The minimum absolute atomic E-state index is 0.0625. The molecular formula is C27H31NO2S. The van der Waals surface area contributed by atoms with Gasteiger partial charge in [-0.2, -0.15) is 0 Å². The van der Waals surface area contributed by atoms with Gasteiger partial charge in [0.2, 0.25) is 0 Å². The average Bonchev–Trinajstić information content (AvgIpc) is 2.77. The number of hydrogen-bond donors (Lipinski definition) is 1. The van der Waals surface area contributed by atoms with Gasteiger partial charge in [-0.3, -0.25) is 4.79 Å². The molecule has 0 bridgehead atoms. The zero-order chi connectivity index (χ0) is 22.3. The van der Waals surface area contributed by atoms with Crippen molar-refractivity contribution in [2.24, 2.45) is 0 Å². The summed E-state index contributed by atoms with van der Waals surface area (Å²) in [7, 11) is 0. The van der Waals surface area contributed by atoms with Crippen LogP contribution >= 0.6 is 11.8 Å². The Kier molecular flexibility index (Phi) is 7.80. The molecule has 1 amide bonds. The number of hydrogen-bond acceptors (Lipinski definition) is 3. The molecule has 162 valence electrons. The van der Waals surface area contributed by atoms with Crippen molar-refractivity contribution < 1.29 is 9.53 Å². The van der Waals surface area contributed by atoms with Gasteiger partial charge in [0.25, 0.3) is 5.91 Å². The molecule has 0 aromatic heterocycles. The van der Waals surface area contributed by atoms with Crippen molar-refractivity contribution in [2.45, 2.75) is 44.0 Å². The lowest BCUT2D eigenvalue weighted by molar-refractivity contribution is 0.0940. The molecular weight excluding hydrogens is 402 g/mol. The molecule has 3 aromatic carbocycles. The SMILES string of the molecule is C[C@H](NC(=O)c1ccc(OCCSc2ccccc2)cc1)c1ccc(C(C)(C)C)cc1. The maximum Gasteiger partial charge on any atom is 0.251 e. The molecule has 0 heterocycles. The Morgan fingerprint density at radius 1 is 0.935 bits per heavy atom. The predicted molar refractivity (Wildman–Crippen MR) is 130 cm³/mol. The number of amides is 1. The number of thioether (sulfide) groups is 1. The number of benzene rings is 3. The topological polar surface area (TPSA) is 38.3 Å². The first kappa shape index (κ1) is 23.0. The molecule has 0 fully saturated rings. The van der Waals surface area contributed by atoms with Crippen LogP contribution in [0.2, 0.25) is 0 Å². The van der Waals surface area contributed by atoms with Gasteiger partial charge in [-0.25, -0.2) is 0 Å². The quantitative estimate of drug-likeness (QED) is 0.319. The van der Waals surface area contributed by atoms with Crippen LogP contribution in [-0.4, -0.2) is 18.3 Å². The maximum absolute atomic E-state index is 12.6. The number of ether oxygens (including phenoxy) is 1. The third kappa shape index (κ3) is 6.90. The van der Waals surface area contributed by atoms with E-state index in [2.05, 4.69) is 62.5 Å². The normalized spacial score (nSPS) is 12.3. The highest BCUT2D eigenvalue weighted by atomic mass is 32.2. The van der Waals surface area contributed by atoms with Gasteiger partial charge in [0.15, 0.2) is 0 Å². The molecule has 0 aliphatic rings. The van der Waals surface area contributed by atoms with Crippen molar-refractivity contribution in [3.63, 3.8) is 0 Å². The molecule has 0 spiro atoms. The van der Waals surface area contributed by atoms with Crippen molar-refractivity contribution in [1.82, 2.24) is 5.32 Å². The lowest BCUT2D eigenvalue weighted by Gasteiger charge is -2.20. The molecule has 0 saturated carbocycles. The van der Waals surface area contributed by atoms with Gasteiger partial charge < -0.3 is 10.1 Å². The second-order valence-corrected chi connectivity index (χ2v) is 9.77. The number of carbonyl (C=O) groups is 1.